The molecule has 0 aromatic carbocycles. The second-order valence-corrected chi connectivity index (χ2v) is 6.95. The Labute approximate surface area is 125 Å². The number of hydrogen-bond acceptors (Lipinski definition) is 5. The molecule has 1 aromatic heterocycles. The fourth-order valence-corrected chi connectivity index (χ4v) is 3.49. The number of nitrogens with zero attached hydrogens (tertiary/aromatic N) is 1. The molecule has 112 valence electrons. The lowest BCUT2D eigenvalue weighted by atomic mass is 9.95. The van der Waals surface area contributed by atoms with Gasteiger partial charge in [-0.2, -0.15) is 0 Å². The first kappa shape index (κ1) is 17.0. The van der Waals surface area contributed by atoms with Crippen LogP contribution in [0.15, 0.2) is 29.4 Å². The Kier molecular flexibility index (Phi) is 6.49. The number of aromatic nitrogens is 1. The molecular formula is C15H24N2O2S. The molecule has 0 bridgehead atoms. The summed E-state index contributed by atoms with van der Waals surface area (Å²) >= 11 is 1.74. The number of nitrogens with one attached hydrogen (secondary N) is 1. The standard InChI is InChI=1S/C15H24N2O2S/c1-11(2)17-15(4,14(18)19-5)10-12(3)20-13-6-8-16-9-7-13/h6-9,11-12,17H,10H2,1-5H3. The van der Waals surface area contributed by atoms with Crippen LogP contribution in [0.4, 0.5) is 0 Å². The Hall–Kier alpha value is -1.07. The monoisotopic (exact) mass is 296 g/mol. The lowest BCUT2D eigenvalue weighted by Crippen LogP contribution is -2.54. The summed E-state index contributed by atoms with van der Waals surface area (Å²) < 4.78 is 4.95. The van der Waals surface area contributed by atoms with Gasteiger partial charge >= 0.3 is 5.97 Å². The van der Waals surface area contributed by atoms with Gasteiger partial charge in [0.2, 0.25) is 0 Å². The van der Waals surface area contributed by atoms with Crippen LogP contribution < -0.4 is 5.32 Å². The first-order valence-electron chi connectivity index (χ1n) is 6.80. The Balaban J connectivity index is 2.71. The molecule has 0 saturated carbocycles. The predicted octanol–water partition coefficient (Wildman–Crippen LogP) is 2.88. The van der Waals surface area contributed by atoms with E-state index in [9.17, 15) is 4.79 Å². The van der Waals surface area contributed by atoms with Crippen LogP contribution in [0.1, 0.15) is 34.1 Å². The first-order chi connectivity index (χ1) is 9.37. The molecule has 2 unspecified atom stereocenters. The molecule has 0 spiro atoms. The molecule has 5 heteroatoms. The Bertz CT molecular complexity index is 425. The number of carbonyl (C=O) groups excluding carboxylic acids is 1. The average Bonchev–Trinajstić information content (AvgIpc) is 2.37. The summed E-state index contributed by atoms with van der Waals surface area (Å²) in [4.78, 5) is 17.2. The van der Waals surface area contributed by atoms with Crippen LogP contribution in [0.3, 0.4) is 0 Å². The van der Waals surface area contributed by atoms with E-state index in [1.54, 1.807) is 24.2 Å². The van der Waals surface area contributed by atoms with Gasteiger partial charge in [0.1, 0.15) is 5.54 Å². The highest BCUT2D eigenvalue weighted by molar-refractivity contribution is 7.99. The lowest BCUT2D eigenvalue weighted by Gasteiger charge is -2.32. The van der Waals surface area contributed by atoms with Gasteiger partial charge in [-0.1, -0.05) is 6.92 Å². The summed E-state index contributed by atoms with van der Waals surface area (Å²) in [6.07, 6.45) is 4.26. The molecule has 0 amide bonds. The first-order valence-corrected chi connectivity index (χ1v) is 7.68. The topological polar surface area (TPSA) is 51.2 Å². The van der Waals surface area contributed by atoms with Crippen LogP contribution in [0.25, 0.3) is 0 Å². The van der Waals surface area contributed by atoms with E-state index in [-0.39, 0.29) is 17.3 Å². The van der Waals surface area contributed by atoms with Crippen molar-refractivity contribution in [3.05, 3.63) is 24.5 Å². The molecule has 1 heterocycles. The van der Waals surface area contributed by atoms with Gasteiger partial charge in [0.05, 0.1) is 7.11 Å². The number of thioether (sulfide) groups is 1. The van der Waals surface area contributed by atoms with Crippen molar-refractivity contribution in [3.8, 4) is 0 Å². The van der Waals surface area contributed by atoms with Crippen molar-refractivity contribution in [3.63, 3.8) is 0 Å². The van der Waals surface area contributed by atoms with Gasteiger partial charge in [-0.3, -0.25) is 15.1 Å². The van der Waals surface area contributed by atoms with Crippen molar-refractivity contribution in [2.45, 2.75) is 55.8 Å². The van der Waals surface area contributed by atoms with E-state index < -0.39 is 5.54 Å². The van der Waals surface area contributed by atoms with Crippen molar-refractivity contribution < 1.29 is 9.53 Å². The van der Waals surface area contributed by atoms with Crippen LogP contribution in [0.2, 0.25) is 0 Å². The number of esters is 1. The largest absolute Gasteiger partial charge is 0.468 e. The molecule has 20 heavy (non-hydrogen) atoms. The molecule has 0 aliphatic carbocycles. The summed E-state index contributed by atoms with van der Waals surface area (Å²) in [5.74, 6) is -0.214. The maximum Gasteiger partial charge on any atom is 0.325 e. The second kappa shape index (κ2) is 7.64. The van der Waals surface area contributed by atoms with Gasteiger partial charge in [-0.25, -0.2) is 0 Å². The number of hydrogen-bond donors (Lipinski definition) is 1. The molecule has 0 aliphatic rings. The number of carbonyl (C=O) groups is 1. The highest BCUT2D eigenvalue weighted by Crippen LogP contribution is 2.29. The molecular weight excluding hydrogens is 272 g/mol. The molecule has 0 fully saturated rings. The minimum atomic E-state index is -0.664. The number of methoxy groups -OCH3 is 1. The van der Waals surface area contributed by atoms with Gasteiger partial charge in [-0.05, 0) is 39.3 Å². The molecule has 1 aromatic rings. The molecule has 1 rings (SSSR count). The van der Waals surface area contributed by atoms with Crippen LogP contribution >= 0.6 is 11.8 Å². The number of ether oxygens (including phenoxy) is 1. The summed E-state index contributed by atoms with van der Waals surface area (Å²) in [5, 5.41) is 3.61. The van der Waals surface area contributed by atoms with E-state index in [0.29, 0.717) is 6.42 Å². The van der Waals surface area contributed by atoms with Crippen LogP contribution in [0.5, 0.6) is 0 Å². The second-order valence-electron chi connectivity index (χ2n) is 5.44. The Morgan fingerprint density at radius 2 is 2.00 bits per heavy atom. The zero-order chi connectivity index (χ0) is 15.2. The molecule has 0 saturated heterocycles. The van der Waals surface area contributed by atoms with E-state index in [2.05, 4.69) is 17.2 Å². The Morgan fingerprint density at radius 3 is 2.50 bits per heavy atom. The Morgan fingerprint density at radius 1 is 1.40 bits per heavy atom. The summed E-state index contributed by atoms with van der Waals surface area (Å²) in [6, 6.07) is 4.18. The van der Waals surface area contributed by atoms with Crippen molar-refractivity contribution in [1.29, 1.82) is 0 Å². The third-order valence-corrected chi connectivity index (χ3v) is 4.04. The SMILES string of the molecule is COC(=O)C(C)(CC(C)Sc1ccncc1)NC(C)C. The molecule has 4 nitrogen and oxygen atoms in total. The number of rotatable bonds is 7. The van der Waals surface area contributed by atoms with Gasteiger partial charge in [-0.15, -0.1) is 11.8 Å². The van der Waals surface area contributed by atoms with E-state index in [1.807, 2.05) is 32.9 Å². The lowest BCUT2D eigenvalue weighted by molar-refractivity contribution is -0.148. The van der Waals surface area contributed by atoms with Gasteiger partial charge < -0.3 is 4.74 Å². The van der Waals surface area contributed by atoms with E-state index in [4.69, 9.17) is 4.74 Å². The summed E-state index contributed by atoms with van der Waals surface area (Å²) in [5.41, 5.74) is -0.664. The maximum atomic E-state index is 12.1. The van der Waals surface area contributed by atoms with E-state index in [1.165, 1.54) is 7.11 Å². The quantitative estimate of drug-likeness (QED) is 0.619. The van der Waals surface area contributed by atoms with Crippen molar-refractivity contribution in [1.82, 2.24) is 10.3 Å². The summed E-state index contributed by atoms with van der Waals surface area (Å²) in [6.45, 7) is 8.08. The number of pyridine rings is 1. The highest BCUT2D eigenvalue weighted by Gasteiger charge is 2.36. The smallest absolute Gasteiger partial charge is 0.325 e. The third kappa shape index (κ3) is 5.13. The van der Waals surface area contributed by atoms with Crippen LogP contribution in [-0.4, -0.2) is 34.9 Å². The van der Waals surface area contributed by atoms with Gasteiger partial charge in [0.25, 0.3) is 0 Å². The molecule has 0 aliphatic heterocycles. The van der Waals surface area contributed by atoms with E-state index in [0.717, 1.165) is 4.90 Å². The fraction of sp³-hybridized carbons (Fsp3) is 0.600. The van der Waals surface area contributed by atoms with Gasteiger partial charge in [0.15, 0.2) is 0 Å². The molecule has 2 atom stereocenters. The minimum Gasteiger partial charge on any atom is -0.468 e. The predicted molar refractivity (Wildman–Crippen MR) is 82.9 cm³/mol. The van der Waals surface area contributed by atoms with Crippen molar-refractivity contribution in [2.24, 2.45) is 0 Å². The normalized spacial score (nSPS) is 15.7. The fourth-order valence-electron chi connectivity index (χ4n) is 2.33. The van der Waals surface area contributed by atoms with Crippen molar-refractivity contribution in [2.75, 3.05) is 7.11 Å². The zero-order valence-corrected chi connectivity index (χ0v) is 13.7. The van der Waals surface area contributed by atoms with Crippen molar-refractivity contribution >= 4 is 17.7 Å². The molecule has 1 N–H and O–H groups in total. The van der Waals surface area contributed by atoms with E-state index >= 15 is 0 Å². The van der Waals surface area contributed by atoms with Gasteiger partial charge in [0, 0.05) is 28.6 Å². The van der Waals surface area contributed by atoms with Crippen LogP contribution in [0, 0.1) is 0 Å². The van der Waals surface area contributed by atoms with Crippen LogP contribution in [-0.2, 0) is 9.53 Å². The molecule has 0 radical (unpaired) electrons. The average molecular weight is 296 g/mol. The minimum absolute atomic E-state index is 0.214. The zero-order valence-electron chi connectivity index (χ0n) is 12.8. The maximum absolute atomic E-state index is 12.1. The third-order valence-electron chi connectivity index (χ3n) is 2.93. The highest BCUT2D eigenvalue weighted by atomic mass is 32.2. The summed E-state index contributed by atoms with van der Waals surface area (Å²) in [7, 11) is 1.43.